The van der Waals surface area contributed by atoms with Gasteiger partial charge in [-0.2, -0.15) is 9.61 Å². The van der Waals surface area contributed by atoms with E-state index in [2.05, 4.69) is 20.0 Å². The van der Waals surface area contributed by atoms with Crippen LogP contribution in [0, 0.1) is 6.92 Å². The molecule has 0 atom stereocenters. The number of sulfonamides is 1. The Bertz CT molecular complexity index is 996. The van der Waals surface area contributed by atoms with E-state index < -0.39 is 10.0 Å². The number of methoxy groups -OCH3 is 2. The zero-order valence-corrected chi connectivity index (χ0v) is 15.5. The van der Waals surface area contributed by atoms with Crippen molar-refractivity contribution in [1.82, 2.24) is 24.5 Å². The predicted octanol–water partition coefficient (Wildman–Crippen LogP) is 1.03. The van der Waals surface area contributed by atoms with Crippen LogP contribution < -0.4 is 14.2 Å². The Labute approximate surface area is 148 Å². The molecule has 2 aromatic heterocycles. The molecule has 0 amide bonds. The van der Waals surface area contributed by atoms with Crippen LogP contribution in [0.1, 0.15) is 10.8 Å². The van der Waals surface area contributed by atoms with Gasteiger partial charge in [-0.15, -0.1) is 10.2 Å². The van der Waals surface area contributed by atoms with Gasteiger partial charge in [0.2, 0.25) is 15.0 Å². The predicted molar refractivity (Wildman–Crippen MR) is 91.8 cm³/mol. The van der Waals surface area contributed by atoms with Crippen molar-refractivity contribution >= 4 is 26.3 Å². The van der Waals surface area contributed by atoms with Gasteiger partial charge in [-0.05, 0) is 19.1 Å². The maximum Gasteiger partial charge on any atom is 0.240 e. The highest BCUT2D eigenvalue weighted by Gasteiger charge is 2.17. The molecule has 11 heteroatoms. The third-order valence-corrected chi connectivity index (χ3v) is 5.90. The number of rotatable bonds is 7. The number of hydrogen-bond acceptors (Lipinski definition) is 8. The van der Waals surface area contributed by atoms with E-state index in [-0.39, 0.29) is 11.4 Å². The van der Waals surface area contributed by atoms with Gasteiger partial charge in [-0.3, -0.25) is 0 Å². The molecule has 3 rings (SSSR count). The van der Waals surface area contributed by atoms with E-state index in [0.29, 0.717) is 28.7 Å². The molecule has 0 saturated heterocycles. The fourth-order valence-corrected chi connectivity index (χ4v) is 4.14. The molecule has 0 spiro atoms. The summed E-state index contributed by atoms with van der Waals surface area (Å²) in [5, 5.41) is 13.0. The summed E-state index contributed by atoms with van der Waals surface area (Å²) < 4.78 is 39.3. The molecule has 0 radical (unpaired) electrons. The van der Waals surface area contributed by atoms with Gasteiger partial charge in [0.15, 0.2) is 17.3 Å². The van der Waals surface area contributed by atoms with Crippen molar-refractivity contribution < 1.29 is 17.9 Å². The van der Waals surface area contributed by atoms with E-state index in [1.54, 1.807) is 10.6 Å². The maximum absolute atomic E-state index is 12.4. The van der Waals surface area contributed by atoms with Crippen molar-refractivity contribution in [2.24, 2.45) is 0 Å². The standard InChI is InChI=1S/C14H17N5O4S2/c1-9-16-17-14-19(9)18-13(24-14)6-7-15-25(20,21)10-4-5-11(22-2)12(8-10)23-3/h4-5,8,15H,6-7H2,1-3H3. The second-order valence-electron chi connectivity index (χ2n) is 5.10. The molecule has 0 aliphatic carbocycles. The van der Waals surface area contributed by atoms with Gasteiger partial charge in [-0.1, -0.05) is 11.3 Å². The highest BCUT2D eigenvalue weighted by Crippen LogP contribution is 2.29. The van der Waals surface area contributed by atoms with Crippen LogP contribution in [-0.4, -0.2) is 49.0 Å². The van der Waals surface area contributed by atoms with Crippen LogP contribution >= 0.6 is 11.3 Å². The number of nitrogens with one attached hydrogen (secondary N) is 1. The first-order valence-electron chi connectivity index (χ1n) is 7.34. The molecule has 1 aromatic carbocycles. The number of benzene rings is 1. The average molecular weight is 383 g/mol. The van der Waals surface area contributed by atoms with Gasteiger partial charge < -0.3 is 9.47 Å². The second kappa shape index (κ2) is 6.94. The average Bonchev–Trinajstić information content (AvgIpc) is 3.15. The maximum atomic E-state index is 12.4. The lowest BCUT2D eigenvalue weighted by Gasteiger charge is -2.10. The Morgan fingerprint density at radius 1 is 1.20 bits per heavy atom. The van der Waals surface area contributed by atoms with Crippen LogP contribution in [0.25, 0.3) is 4.96 Å². The van der Waals surface area contributed by atoms with E-state index >= 15 is 0 Å². The summed E-state index contributed by atoms with van der Waals surface area (Å²) in [6.07, 6.45) is 0.458. The highest BCUT2D eigenvalue weighted by molar-refractivity contribution is 7.89. The number of aryl methyl sites for hydroxylation is 1. The first kappa shape index (κ1) is 17.6. The first-order valence-corrected chi connectivity index (χ1v) is 9.64. The number of aromatic nitrogens is 4. The van der Waals surface area contributed by atoms with E-state index in [4.69, 9.17) is 9.47 Å². The first-order chi connectivity index (χ1) is 11.9. The summed E-state index contributed by atoms with van der Waals surface area (Å²) in [5.74, 6) is 1.52. The van der Waals surface area contributed by atoms with Crippen LogP contribution in [0.15, 0.2) is 23.1 Å². The molecule has 2 heterocycles. The summed E-state index contributed by atoms with van der Waals surface area (Å²) in [4.78, 5) is 0.800. The summed E-state index contributed by atoms with van der Waals surface area (Å²) in [5.41, 5.74) is 0. The van der Waals surface area contributed by atoms with Gasteiger partial charge in [0.25, 0.3) is 0 Å². The zero-order chi connectivity index (χ0) is 18.0. The van der Waals surface area contributed by atoms with Gasteiger partial charge in [0, 0.05) is 19.0 Å². The number of ether oxygens (including phenoxy) is 2. The molecular weight excluding hydrogens is 366 g/mol. The van der Waals surface area contributed by atoms with Crippen LogP contribution in [0.4, 0.5) is 0 Å². The van der Waals surface area contributed by atoms with Gasteiger partial charge >= 0.3 is 0 Å². The molecule has 0 saturated carbocycles. The molecule has 134 valence electrons. The molecule has 1 N–H and O–H groups in total. The largest absolute Gasteiger partial charge is 0.493 e. The molecule has 0 bridgehead atoms. The Morgan fingerprint density at radius 2 is 1.96 bits per heavy atom. The number of hydrogen-bond donors (Lipinski definition) is 1. The molecule has 0 unspecified atom stereocenters. The van der Waals surface area contributed by atoms with Crippen molar-refractivity contribution in [2.45, 2.75) is 18.2 Å². The fraction of sp³-hybridized carbons (Fsp3) is 0.357. The van der Waals surface area contributed by atoms with E-state index in [0.717, 1.165) is 5.01 Å². The Balaban J connectivity index is 1.69. The molecule has 0 aliphatic heterocycles. The van der Waals surface area contributed by atoms with Crippen molar-refractivity contribution in [3.63, 3.8) is 0 Å². The van der Waals surface area contributed by atoms with Gasteiger partial charge in [0.1, 0.15) is 5.01 Å². The Hall–Kier alpha value is -2.24. The minimum atomic E-state index is -3.66. The monoisotopic (exact) mass is 383 g/mol. The lowest BCUT2D eigenvalue weighted by molar-refractivity contribution is 0.354. The third-order valence-electron chi connectivity index (χ3n) is 3.48. The summed E-state index contributed by atoms with van der Waals surface area (Å²) in [6, 6.07) is 4.45. The van der Waals surface area contributed by atoms with Crippen molar-refractivity contribution in [3.8, 4) is 11.5 Å². The molecular formula is C14H17N5O4S2. The second-order valence-corrected chi connectivity index (χ2v) is 7.91. The molecule has 25 heavy (non-hydrogen) atoms. The molecule has 0 aliphatic rings. The van der Waals surface area contributed by atoms with Crippen LogP contribution in [-0.2, 0) is 16.4 Å². The smallest absolute Gasteiger partial charge is 0.240 e. The zero-order valence-electron chi connectivity index (χ0n) is 13.9. The lowest BCUT2D eigenvalue weighted by atomic mass is 10.3. The van der Waals surface area contributed by atoms with Gasteiger partial charge in [0.05, 0.1) is 19.1 Å². The van der Waals surface area contributed by atoms with Gasteiger partial charge in [-0.25, -0.2) is 13.1 Å². The summed E-state index contributed by atoms with van der Waals surface area (Å²) >= 11 is 1.38. The highest BCUT2D eigenvalue weighted by atomic mass is 32.2. The van der Waals surface area contributed by atoms with E-state index in [1.165, 1.54) is 37.7 Å². The van der Waals surface area contributed by atoms with Crippen molar-refractivity contribution in [1.29, 1.82) is 0 Å². The number of nitrogens with zero attached hydrogens (tertiary/aromatic N) is 4. The molecule has 3 aromatic rings. The Morgan fingerprint density at radius 3 is 2.64 bits per heavy atom. The van der Waals surface area contributed by atoms with Crippen molar-refractivity contribution in [2.75, 3.05) is 20.8 Å². The summed E-state index contributed by atoms with van der Waals surface area (Å²) in [6.45, 7) is 2.03. The van der Waals surface area contributed by atoms with Crippen molar-refractivity contribution in [3.05, 3.63) is 29.0 Å². The van der Waals surface area contributed by atoms with E-state index in [1.807, 2.05) is 6.92 Å². The van der Waals surface area contributed by atoms with E-state index in [9.17, 15) is 8.42 Å². The van der Waals surface area contributed by atoms with Crippen LogP contribution in [0.2, 0.25) is 0 Å². The lowest BCUT2D eigenvalue weighted by Crippen LogP contribution is -2.26. The molecule has 9 nitrogen and oxygen atoms in total. The minimum absolute atomic E-state index is 0.110. The Kier molecular flexibility index (Phi) is 4.88. The quantitative estimate of drug-likeness (QED) is 0.649. The topological polar surface area (TPSA) is 108 Å². The molecule has 0 fully saturated rings. The SMILES string of the molecule is COc1ccc(S(=O)(=O)NCCc2nn3c(C)nnc3s2)cc1OC. The fourth-order valence-electron chi connectivity index (χ4n) is 2.21. The minimum Gasteiger partial charge on any atom is -0.493 e. The third kappa shape index (κ3) is 3.57. The van der Waals surface area contributed by atoms with Crippen LogP contribution in [0.3, 0.4) is 0 Å². The summed E-state index contributed by atoms with van der Waals surface area (Å²) in [7, 11) is -0.708. The normalized spacial score (nSPS) is 11.8. The van der Waals surface area contributed by atoms with Crippen LogP contribution in [0.5, 0.6) is 11.5 Å². The number of fused-ring (bicyclic) bond motifs is 1.